The fraction of sp³-hybridized carbons (Fsp3) is 0.600. The van der Waals surface area contributed by atoms with Crippen molar-refractivity contribution in [2.45, 2.75) is 26.3 Å². The fourth-order valence-corrected chi connectivity index (χ4v) is 1.00. The molecule has 0 unspecified atom stereocenters. The third-order valence-electron chi connectivity index (χ3n) is 1.83. The second-order valence-corrected chi connectivity index (χ2v) is 3.17. The lowest BCUT2D eigenvalue weighted by Crippen LogP contribution is -2.24. The normalized spacial score (nSPS) is 10.2. The maximum Gasteiger partial charge on any atom is 0.319 e. The third-order valence-corrected chi connectivity index (χ3v) is 1.83. The van der Waals surface area contributed by atoms with Crippen molar-refractivity contribution in [1.29, 1.82) is 0 Å². The number of ether oxygens (including phenoxy) is 1. The molecule has 0 amide bonds. The van der Waals surface area contributed by atoms with Crippen molar-refractivity contribution in [2.24, 2.45) is 0 Å². The van der Waals surface area contributed by atoms with Crippen LogP contribution in [-0.2, 0) is 16.1 Å². The van der Waals surface area contributed by atoms with Gasteiger partial charge in [-0.3, -0.25) is 4.79 Å². The molecule has 0 atom stereocenters. The van der Waals surface area contributed by atoms with E-state index < -0.39 is 0 Å². The van der Waals surface area contributed by atoms with Gasteiger partial charge in [0.05, 0.1) is 18.8 Å². The minimum absolute atomic E-state index is 0.205. The summed E-state index contributed by atoms with van der Waals surface area (Å²) in [6.45, 7) is 3.27. The molecule has 1 aromatic rings. The van der Waals surface area contributed by atoms with Crippen molar-refractivity contribution in [3.63, 3.8) is 0 Å². The van der Waals surface area contributed by atoms with Gasteiger partial charge >= 0.3 is 5.97 Å². The van der Waals surface area contributed by atoms with Crippen LogP contribution in [-0.4, -0.2) is 24.3 Å². The number of aromatic nitrogens is 1. The Labute approximate surface area is 88.8 Å². The van der Waals surface area contributed by atoms with Crippen LogP contribution in [0.2, 0.25) is 0 Å². The number of carbonyl (C=O) groups is 1. The first-order chi connectivity index (χ1) is 7.33. The lowest BCUT2D eigenvalue weighted by Gasteiger charge is -2.03. The summed E-state index contributed by atoms with van der Waals surface area (Å²) in [4.78, 5) is 11.1. The molecule has 0 aliphatic heterocycles. The Morgan fingerprint density at radius 1 is 1.67 bits per heavy atom. The van der Waals surface area contributed by atoms with Gasteiger partial charge in [0.15, 0.2) is 0 Å². The highest BCUT2D eigenvalue weighted by atomic mass is 16.5. The van der Waals surface area contributed by atoms with Gasteiger partial charge in [0.2, 0.25) is 0 Å². The van der Waals surface area contributed by atoms with Crippen LogP contribution in [0.4, 0.5) is 0 Å². The Bertz CT molecular complexity index is 272. The Balaban J connectivity index is 2.02. The predicted octanol–water partition coefficient (Wildman–Crippen LogP) is 1.11. The molecule has 1 N–H and O–H groups in total. The van der Waals surface area contributed by atoms with Crippen LogP contribution >= 0.6 is 0 Å². The van der Waals surface area contributed by atoms with E-state index in [1.165, 1.54) is 6.26 Å². The van der Waals surface area contributed by atoms with E-state index in [0.717, 1.165) is 18.5 Å². The Hall–Kier alpha value is -1.36. The van der Waals surface area contributed by atoms with Gasteiger partial charge in [0.25, 0.3) is 0 Å². The molecule has 0 radical (unpaired) electrons. The van der Waals surface area contributed by atoms with Crippen molar-refractivity contribution < 1.29 is 14.1 Å². The number of nitrogens with one attached hydrogen (secondary N) is 1. The number of hydrogen-bond acceptors (Lipinski definition) is 5. The maximum atomic E-state index is 11.1. The zero-order valence-electron chi connectivity index (χ0n) is 8.86. The molecule has 0 saturated heterocycles. The van der Waals surface area contributed by atoms with Gasteiger partial charge in [-0.05, 0) is 6.42 Å². The fourth-order valence-electron chi connectivity index (χ4n) is 1.00. The Kier molecular flexibility index (Phi) is 5.47. The van der Waals surface area contributed by atoms with Crippen LogP contribution in [0.3, 0.4) is 0 Å². The summed E-state index contributed by atoms with van der Waals surface area (Å²) in [5.41, 5.74) is 0.774. The number of esters is 1. The quantitative estimate of drug-likeness (QED) is 0.541. The van der Waals surface area contributed by atoms with Crippen LogP contribution in [0.25, 0.3) is 0 Å². The zero-order valence-corrected chi connectivity index (χ0v) is 8.86. The highest BCUT2D eigenvalue weighted by molar-refractivity contribution is 5.71. The molecule has 0 bridgehead atoms. The van der Waals surface area contributed by atoms with Gasteiger partial charge in [0.1, 0.15) is 6.26 Å². The third kappa shape index (κ3) is 5.17. The highest BCUT2D eigenvalue weighted by Crippen LogP contribution is 1.93. The molecule has 5 nitrogen and oxygen atoms in total. The molecule has 0 aromatic carbocycles. The average Bonchev–Trinajstić information content (AvgIpc) is 2.71. The lowest BCUT2D eigenvalue weighted by molar-refractivity contribution is -0.142. The lowest BCUT2D eigenvalue weighted by atomic mass is 10.4. The van der Waals surface area contributed by atoms with E-state index in [2.05, 4.69) is 21.9 Å². The van der Waals surface area contributed by atoms with E-state index in [0.29, 0.717) is 13.2 Å². The molecule has 1 heterocycles. The second kappa shape index (κ2) is 7.00. The van der Waals surface area contributed by atoms with Crippen molar-refractivity contribution in [3.8, 4) is 0 Å². The van der Waals surface area contributed by atoms with E-state index in [4.69, 9.17) is 4.74 Å². The molecule has 0 aliphatic carbocycles. The van der Waals surface area contributed by atoms with Crippen LogP contribution in [0, 0.1) is 0 Å². The van der Waals surface area contributed by atoms with Crippen molar-refractivity contribution in [2.75, 3.05) is 13.2 Å². The summed E-state index contributed by atoms with van der Waals surface area (Å²) >= 11 is 0. The van der Waals surface area contributed by atoms with Gasteiger partial charge < -0.3 is 14.6 Å². The van der Waals surface area contributed by atoms with Crippen LogP contribution in [0.1, 0.15) is 25.5 Å². The molecule has 5 heteroatoms. The summed E-state index contributed by atoms with van der Waals surface area (Å²) in [5, 5.41) is 6.62. The molecule has 15 heavy (non-hydrogen) atoms. The summed E-state index contributed by atoms with van der Waals surface area (Å²) in [6, 6.07) is 1.75. The number of hydrogen-bond donors (Lipinski definition) is 1. The summed E-state index contributed by atoms with van der Waals surface area (Å²) in [7, 11) is 0. The molecular weight excluding hydrogens is 196 g/mol. The predicted molar refractivity (Wildman–Crippen MR) is 54.1 cm³/mol. The zero-order chi connectivity index (χ0) is 10.9. The number of nitrogens with zero attached hydrogens (tertiary/aromatic N) is 1. The molecule has 0 saturated carbocycles. The first-order valence-electron chi connectivity index (χ1n) is 5.08. The summed E-state index contributed by atoms with van der Waals surface area (Å²) in [5.74, 6) is -0.230. The minimum Gasteiger partial charge on any atom is -0.465 e. The number of carbonyl (C=O) groups excluding carboxylic acids is 1. The first kappa shape index (κ1) is 11.7. The standard InChI is InChI=1S/C10H16N2O3/c1-2-3-5-14-10(13)8-11-7-9-4-6-15-12-9/h4,6,11H,2-3,5,7-8H2,1H3. The minimum atomic E-state index is -0.230. The average molecular weight is 212 g/mol. The Morgan fingerprint density at radius 2 is 2.53 bits per heavy atom. The molecule has 84 valence electrons. The van der Waals surface area contributed by atoms with E-state index in [-0.39, 0.29) is 12.5 Å². The van der Waals surface area contributed by atoms with Gasteiger partial charge in [-0.2, -0.15) is 0 Å². The van der Waals surface area contributed by atoms with Gasteiger partial charge in [0, 0.05) is 12.6 Å². The van der Waals surface area contributed by atoms with E-state index in [9.17, 15) is 4.79 Å². The van der Waals surface area contributed by atoms with Crippen LogP contribution in [0.15, 0.2) is 16.9 Å². The number of unbranched alkanes of at least 4 members (excludes halogenated alkanes) is 1. The van der Waals surface area contributed by atoms with Crippen LogP contribution in [0.5, 0.6) is 0 Å². The van der Waals surface area contributed by atoms with Gasteiger partial charge in [-0.25, -0.2) is 0 Å². The van der Waals surface area contributed by atoms with E-state index >= 15 is 0 Å². The van der Waals surface area contributed by atoms with Crippen molar-refractivity contribution >= 4 is 5.97 Å². The molecule has 1 rings (SSSR count). The van der Waals surface area contributed by atoms with E-state index in [1.54, 1.807) is 6.07 Å². The van der Waals surface area contributed by atoms with Gasteiger partial charge in [-0.15, -0.1) is 0 Å². The topological polar surface area (TPSA) is 64.4 Å². The monoisotopic (exact) mass is 212 g/mol. The largest absolute Gasteiger partial charge is 0.465 e. The van der Waals surface area contributed by atoms with Crippen LogP contribution < -0.4 is 5.32 Å². The Morgan fingerprint density at radius 3 is 3.20 bits per heavy atom. The van der Waals surface area contributed by atoms with E-state index in [1.807, 2.05) is 0 Å². The maximum absolute atomic E-state index is 11.1. The molecule has 0 spiro atoms. The SMILES string of the molecule is CCCCOC(=O)CNCc1ccon1. The first-order valence-corrected chi connectivity index (χ1v) is 5.08. The van der Waals surface area contributed by atoms with Crippen molar-refractivity contribution in [1.82, 2.24) is 10.5 Å². The van der Waals surface area contributed by atoms with Crippen molar-refractivity contribution in [3.05, 3.63) is 18.0 Å². The number of rotatable bonds is 7. The van der Waals surface area contributed by atoms with Gasteiger partial charge in [-0.1, -0.05) is 18.5 Å². The highest BCUT2D eigenvalue weighted by Gasteiger charge is 2.02. The molecular formula is C10H16N2O3. The smallest absolute Gasteiger partial charge is 0.319 e. The summed E-state index contributed by atoms with van der Waals surface area (Å²) in [6.07, 6.45) is 3.44. The molecule has 0 aliphatic rings. The second-order valence-electron chi connectivity index (χ2n) is 3.17. The summed E-state index contributed by atoms with van der Waals surface area (Å²) < 4.78 is 9.60. The molecule has 1 aromatic heterocycles. The molecule has 0 fully saturated rings.